The standard InChI is InChI=1S/C24H24ClN5O2S2/c25-17-5-7-18(8-6-17)33-16-21-19(15-26-9-10-29-11-13-32-14-12-29)23(31)30(28-21)24-27-20-3-1-2-4-22(20)34-24/h1-8,15,28H,9-14,16H2. The lowest BCUT2D eigenvalue weighted by molar-refractivity contribution is 0.0395. The van der Waals surface area contributed by atoms with Gasteiger partial charge in [-0.3, -0.25) is 19.8 Å². The Balaban J connectivity index is 1.40. The third-order valence-electron chi connectivity index (χ3n) is 5.55. The van der Waals surface area contributed by atoms with E-state index in [0.29, 0.717) is 28.0 Å². The van der Waals surface area contributed by atoms with Crippen molar-refractivity contribution >= 4 is 51.1 Å². The molecule has 7 nitrogen and oxygen atoms in total. The van der Waals surface area contributed by atoms with Crippen molar-refractivity contribution in [2.45, 2.75) is 10.6 Å². The average molecular weight is 514 g/mol. The summed E-state index contributed by atoms with van der Waals surface area (Å²) in [6.45, 7) is 4.86. The van der Waals surface area contributed by atoms with Crippen molar-refractivity contribution in [3.63, 3.8) is 0 Å². The van der Waals surface area contributed by atoms with E-state index in [1.165, 1.54) is 16.0 Å². The number of thiazole rings is 1. The highest BCUT2D eigenvalue weighted by atomic mass is 35.5. The van der Waals surface area contributed by atoms with Crippen LogP contribution in [0.2, 0.25) is 5.02 Å². The van der Waals surface area contributed by atoms with Crippen molar-refractivity contribution in [2.75, 3.05) is 39.4 Å². The fourth-order valence-corrected chi connectivity index (χ4v) is 5.61. The highest BCUT2D eigenvalue weighted by molar-refractivity contribution is 7.98. The van der Waals surface area contributed by atoms with Crippen molar-refractivity contribution in [3.8, 4) is 5.13 Å². The minimum absolute atomic E-state index is 0.138. The van der Waals surface area contributed by atoms with Crippen LogP contribution < -0.4 is 5.56 Å². The van der Waals surface area contributed by atoms with E-state index >= 15 is 0 Å². The molecule has 0 spiro atoms. The molecule has 3 heterocycles. The lowest BCUT2D eigenvalue weighted by Crippen LogP contribution is -2.37. The van der Waals surface area contributed by atoms with Gasteiger partial charge in [-0.2, -0.15) is 4.68 Å². The number of aliphatic imine (C=N–C) groups is 1. The third kappa shape index (κ3) is 5.45. The Morgan fingerprint density at radius 2 is 1.97 bits per heavy atom. The molecule has 0 aliphatic carbocycles. The molecule has 1 N–H and O–H groups in total. The fraction of sp³-hybridized carbons (Fsp3) is 0.292. The summed E-state index contributed by atoms with van der Waals surface area (Å²) in [4.78, 5) is 26.0. The van der Waals surface area contributed by atoms with E-state index in [4.69, 9.17) is 16.3 Å². The largest absolute Gasteiger partial charge is 0.379 e. The molecule has 34 heavy (non-hydrogen) atoms. The zero-order valence-corrected chi connectivity index (χ0v) is 20.8. The molecule has 1 aliphatic rings. The quantitative estimate of drug-likeness (QED) is 0.278. The molecule has 0 saturated carbocycles. The second-order valence-corrected chi connectivity index (χ2v) is 10.3. The van der Waals surface area contributed by atoms with Gasteiger partial charge in [0.2, 0.25) is 5.13 Å². The molecule has 0 atom stereocenters. The van der Waals surface area contributed by atoms with Crippen LogP contribution in [0.1, 0.15) is 11.3 Å². The molecular weight excluding hydrogens is 490 g/mol. The molecule has 2 aromatic heterocycles. The van der Waals surface area contributed by atoms with E-state index in [1.54, 1.807) is 18.0 Å². The van der Waals surface area contributed by atoms with Crippen LogP contribution in [0.5, 0.6) is 0 Å². The Bertz CT molecular complexity index is 1310. The lowest BCUT2D eigenvalue weighted by atomic mass is 10.3. The number of nitrogens with zero attached hydrogens (tertiary/aromatic N) is 4. The zero-order valence-electron chi connectivity index (χ0n) is 18.4. The SMILES string of the molecule is O=c1c(C=NCCN2CCOCC2)c(CSc2ccc(Cl)cc2)[nH]n1-c1nc2ccccc2s1. The van der Waals surface area contributed by atoms with Crippen molar-refractivity contribution in [3.05, 3.63) is 75.2 Å². The second kappa shape index (κ2) is 10.9. The maximum absolute atomic E-state index is 13.4. The van der Waals surface area contributed by atoms with Gasteiger partial charge in [-0.1, -0.05) is 35.1 Å². The van der Waals surface area contributed by atoms with Crippen LogP contribution in [0.3, 0.4) is 0 Å². The summed E-state index contributed by atoms with van der Waals surface area (Å²) in [5.74, 6) is 0.597. The molecule has 10 heteroatoms. The molecule has 4 aromatic rings. The summed E-state index contributed by atoms with van der Waals surface area (Å²) in [7, 11) is 0. The Labute approximate surface area is 210 Å². The number of ether oxygens (including phenoxy) is 1. The van der Waals surface area contributed by atoms with E-state index in [0.717, 1.165) is 53.7 Å². The van der Waals surface area contributed by atoms with Crippen LogP contribution in [0.4, 0.5) is 0 Å². The van der Waals surface area contributed by atoms with E-state index < -0.39 is 0 Å². The van der Waals surface area contributed by atoms with Gasteiger partial charge >= 0.3 is 0 Å². The molecule has 0 radical (unpaired) electrons. The summed E-state index contributed by atoms with van der Waals surface area (Å²) in [5, 5.41) is 4.61. The molecular formula is C24H24ClN5O2S2. The Morgan fingerprint density at radius 3 is 2.76 bits per heavy atom. The van der Waals surface area contributed by atoms with Gasteiger partial charge in [0.05, 0.1) is 41.2 Å². The van der Waals surface area contributed by atoms with Crippen LogP contribution in [0.25, 0.3) is 15.3 Å². The summed E-state index contributed by atoms with van der Waals surface area (Å²) in [5.41, 5.74) is 2.13. The molecule has 1 fully saturated rings. The van der Waals surface area contributed by atoms with Crippen molar-refractivity contribution in [1.82, 2.24) is 19.7 Å². The van der Waals surface area contributed by atoms with Crippen LogP contribution in [0, 0.1) is 0 Å². The normalized spacial score (nSPS) is 15.0. The average Bonchev–Trinajstić information content (AvgIpc) is 3.43. The minimum Gasteiger partial charge on any atom is -0.379 e. The lowest BCUT2D eigenvalue weighted by Gasteiger charge is -2.25. The van der Waals surface area contributed by atoms with E-state index in [9.17, 15) is 4.79 Å². The van der Waals surface area contributed by atoms with Gasteiger partial charge in [-0.25, -0.2) is 4.98 Å². The Morgan fingerprint density at radius 1 is 1.18 bits per heavy atom. The topological polar surface area (TPSA) is 75.5 Å². The number of nitrogens with one attached hydrogen (secondary N) is 1. The van der Waals surface area contributed by atoms with Gasteiger partial charge in [0.25, 0.3) is 5.56 Å². The number of fused-ring (bicyclic) bond motifs is 1. The highest BCUT2D eigenvalue weighted by Crippen LogP contribution is 2.26. The van der Waals surface area contributed by atoms with Crippen molar-refractivity contribution in [2.24, 2.45) is 4.99 Å². The van der Waals surface area contributed by atoms with E-state index in [-0.39, 0.29) is 5.56 Å². The molecule has 176 valence electrons. The predicted molar refractivity (Wildman–Crippen MR) is 140 cm³/mol. The van der Waals surface area contributed by atoms with Gasteiger partial charge in [-0.15, -0.1) is 11.8 Å². The van der Waals surface area contributed by atoms with Crippen LogP contribution >= 0.6 is 34.7 Å². The highest BCUT2D eigenvalue weighted by Gasteiger charge is 2.17. The molecule has 0 unspecified atom stereocenters. The summed E-state index contributed by atoms with van der Waals surface area (Å²) in [6, 6.07) is 15.6. The van der Waals surface area contributed by atoms with Crippen LogP contribution in [0.15, 0.2) is 63.2 Å². The molecule has 0 amide bonds. The molecule has 2 aromatic carbocycles. The van der Waals surface area contributed by atoms with Gasteiger partial charge in [0.1, 0.15) is 0 Å². The van der Waals surface area contributed by atoms with Crippen LogP contribution in [-0.2, 0) is 10.5 Å². The number of benzene rings is 2. The van der Waals surface area contributed by atoms with Gasteiger partial charge in [0, 0.05) is 41.5 Å². The maximum Gasteiger partial charge on any atom is 0.282 e. The minimum atomic E-state index is -0.138. The number of aromatic nitrogens is 3. The molecule has 1 aliphatic heterocycles. The number of aromatic amines is 1. The predicted octanol–water partition coefficient (Wildman–Crippen LogP) is 4.47. The third-order valence-corrected chi connectivity index (χ3v) is 7.86. The number of halogens is 1. The number of H-pyrrole nitrogens is 1. The van der Waals surface area contributed by atoms with Crippen molar-refractivity contribution < 1.29 is 4.74 Å². The maximum atomic E-state index is 13.4. The first-order chi connectivity index (χ1) is 16.7. The number of rotatable bonds is 8. The summed E-state index contributed by atoms with van der Waals surface area (Å²) < 4.78 is 7.97. The monoisotopic (exact) mass is 513 g/mol. The Hall–Kier alpha value is -2.43. The number of hydrogen-bond acceptors (Lipinski definition) is 7. The van der Waals surface area contributed by atoms with Crippen LogP contribution in [-0.4, -0.2) is 65.3 Å². The number of morpholine rings is 1. The molecule has 1 saturated heterocycles. The molecule has 0 bridgehead atoms. The van der Waals surface area contributed by atoms with Gasteiger partial charge in [0.15, 0.2) is 0 Å². The fourth-order valence-electron chi connectivity index (χ4n) is 3.70. The zero-order chi connectivity index (χ0) is 23.3. The first-order valence-corrected chi connectivity index (χ1v) is 13.2. The first-order valence-electron chi connectivity index (χ1n) is 11.1. The summed E-state index contributed by atoms with van der Waals surface area (Å²) >= 11 is 9.14. The second-order valence-electron chi connectivity index (χ2n) is 7.84. The smallest absolute Gasteiger partial charge is 0.282 e. The van der Waals surface area contributed by atoms with Crippen molar-refractivity contribution in [1.29, 1.82) is 0 Å². The summed E-state index contributed by atoms with van der Waals surface area (Å²) in [6.07, 6.45) is 1.71. The number of hydrogen-bond donors (Lipinski definition) is 1. The molecule has 5 rings (SSSR count). The van der Waals surface area contributed by atoms with Gasteiger partial charge < -0.3 is 4.74 Å². The first kappa shape index (κ1) is 23.3. The van der Waals surface area contributed by atoms with E-state index in [2.05, 4.69) is 20.0 Å². The van der Waals surface area contributed by atoms with Gasteiger partial charge in [-0.05, 0) is 36.4 Å². The number of thioether (sulfide) groups is 1. The number of para-hydroxylation sites is 1. The Kier molecular flexibility index (Phi) is 7.46. The van der Waals surface area contributed by atoms with E-state index in [1.807, 2.05) is 48.5 Å².